The SMILES string of the molecule is Nc1ccc(N2CCN(CCF)CC2)c(F)c1. The standard InChI is InChI=1S/C12H17F2N3/c13-3-4-16-5-7-17(8-6-16)12-2-1-10(15)9-11(12)14/h1-2,9H,3-8,15H2. The summed E-state index contributed by atoms with van der Waals surface area (Å²) in [5, 5.41) is 0. The van der Waals surface area contributed by atoms with E-state index >= 15 is 0 Å². The van der Waals surface area contributed by atoms with Gasteiger partial charge in [0.1, 0.15) is 12.5 Å². The monoisotopic (exact) mass is 241 g/mol. The van der Waals surface area contributed by atoms with Crippen molar-refractivity contribution in [1.82, 2.24) is 4.90 Å². The number of nitrogen functional groups attached to an aromatic ring is 1. The van der Waals surface area contributed by atoms with Crippen LogP contribution in [0.15, 0.2) is 18.2 Å². The minimum absolute atomic E-state index is 0.288. The molecule has 5 heteroatoms. The predicted octanol–water partition coefficient (Wildman–Crippen LogP) is 1.50. The molecule has 2 rings (SSSR count). The van der Waals surface area contributed by atoms with E-state index in [0.717, 1.165) is 26.2 Å². The van der Waals surface area contributed by atoms with Gasteiger partial charge in [-0.3, -0.25) is 4.90 Å². The number of rotatable bonds is 3. The minimum atomic E-state index is -0.323. The van der Waals surface area contributed by atoms with Gasteiger partial charge in [0.05, 0.1) is 5.69 Å². The van der Waals surface area contributed by atoms with Gasteiger partial charge in [0, 0.05) is 38.4 Å². The Morgan fingerprint density at radius 3 is 2.47 bits per heavy atom. The lowest BCUT2D eigenvalue weighted by atomic mass is 10.2. The zero-order valence-electron chi connectivity index (χ0n) is 9.70. The summed E-state index contributed by atoms with van der Waals surface area (Å²) in [4.78, 5) is 4.02. The molecule has 1 aromatic carbocycles. The molecule has 0 spiro atoms. The first-order valence-electron chi connectivity index (χ1n) is 5.79. The van der Waals surface area contributed by atoms with Crippen LogP contribution in [0.2, 0.25) is 0 Å². The molecule has 1 heterocycles. The number of halogens is 2. The Balaban J connectivity index is 2.00. The fraction of sp³-hybridized carbons (Fsp3) is 0.500. The molecule has 1 saturated heterocycles. The third-order valence-electron chi connectivity index (χ3n) is 3.09. The van der Waals surface area contributed by atoms with Crippen LogP contribution in [-0.2, 0) is 0 Å². The molecule has 1 aromatic rings. The minimum Gasteiger partial charge on any atom is -0.399 e. The molecule has 0 saturated carbocycles. The van der Waals surface area contributed by atoms with Crippen molar-refractivity contribution in [3.63, 3.8) is 0 Å². The lowest BCUT2D eigenvalue weighted by molar-refractivity contribution is 0.235. The largest absolute Gasteiger partial charge is 0.399 e. The fourth-order valence-corrected chi connectivity index (χ4v) is 2.11. The smallest absolute Gasteiger partial charge is 0.148 e. The van der Waals surface area contributed by atoms with Crippen LogP contribution < -0.4 is 10.6 Å². The van der Waals surface area contributed by atoms with Crippen LogP contribution in [0, 0.1) is 5.82 Å². The summed E-state index contributed by atoms with van der Waals surface area (Å²) in [6.07, 6.45) is 0. The second-order valence-corrected chi connectivity index (χ2v) is 4.23. The Kier molecular flexibility index (Phi) is 3.78. The topological polar surface area (TPSA) is 32.5 Å². The van der Waals surface area contributed by atoms with Crippen molar-refractivity contribution in [1.29, 1.82) is 0 Å². The van der Waals surface area contributed by atoms with E-state index < -0.39 is 0 Å². The Morgan fingerprint density at radius 2 is 1.88 bits per heavy atom. The summed E-state index contributed by atoms with van der Waals surface area (Å²) in [5.74, 6) is -0.288. The third kappa shape index (κ3) is 2.85. The molecular formula is C12H17F2N3. The first kappa shape index (κ1) is 12.1. The van der Waals surface area contributed by atoms with E-state index in [9.17, 15) is 8.78 Å². The highest BCUT2D eigenvalue weighted by molar-refractivity contribution is 5.54. The Labute approximate surface area is 99.8 Å². The van der Waals surface area contributed by atoms with Crippen molar-refractivity contribution in [2.45, 2.75) is 0 Å². The number of piperazine rings is 1. The van der Waals surface area contributed by atoms with Crippen molar-refractivity contribution in [2.24, 2.45) is 0 Å². The molecular weight excluding hydrogens is 224 g/mol. The van der Waals surface area contributed by atoms with Crippen LogP contribution >= 0.6 is 0 Å². The first-order valence-corrected chi connectivity index (χ1v) is 5.79. The van der Waals surface area contributed by atoms with E-state index in [4.69, 9.17) is 5.73 Å². The molecule has 94 valence electrons. The Morgan fingerprint density at radius 1 is 1.18 bits per heavy atom. The summed E-state index contributed by atoms with van der Waals surface area (Å²) in [5.41, 5.74) is 6.53. The van der Waals surface area contributed by atoms with Gasteiger partial charge in [-0.15, -0.1) is 0 Å². The summed E-state index contributed by atoms with van der Waals surface area (Å²) in [7, 11) is 0. The first-order chi connectivity index (χ1) is 8.20. The van der Waals surface area contributed by atoms with Crippen LogP contribution in [0.1, 0.15) is 0 Å². The number of benzene rings is 1. The van der Waals surface area contributed by atoms with E-state index in [2.05, 4.69) is 0 Å². The average molecular weight is 241 g/mol. The molecule has 0 aromatic heterocycles. The van der Waals surface area contributed by atoms with E-state index in [1.165, 1.54) is 6.07 Å². The van der Waals surface area contributed by atoms with Gasteiger partial charge in [-0.2, -0.15) is 0 Å². The molecule has 0 unspecified atom stereocenters. The number of anilines is 2. The van der Waals surface area contributed by atoms with Gasteiger partial charge in [-0.25, -0.2) is 8.78 Å². The van der Waals surface area contributed by atoms with Crippen molar-refractivity contribution in [3.05, 3.63) is 24.0 Å². The van der Waals surface area contributed by atoms with Crippen LogP contribution in [0.25, 0.3) is 0 Å². The maximum atomic E-state index is 13.7. The highest BCUT2D eigenvalue weighted by atomic mass is 19.1. The Hall–Kier alpha value is -1.36. The molecule has 0 bridgehead atoms. The summed E-state index contributed by atoms with van der Waals surface area (Å²) >= 11 is 0. The van der Waals surface area contributed by atoms with Gasteiger partial charge in [0.2, 0.25) is 0 Å². The molecule has 1 fully saturated rings. The zero-order valence-corrected chi connectivity index (χ0v) is 9.70. The van der Waals surface area contributed by atoms with Gasteiger partial charge >= 0.3 is 0 Å². The normalized spacial score (nSPS) is 17.4. The molecule has 3 nitrogen and oxygen atoms in total. The summed E-state index contributed by atoms with van der Waals surface area (Å²) in [6, 6.07) is 4.74. The maximum absolute atomic E-state index is 13.7. The van der Waals surface area contributed by atoms with E-state index in [1.807, 2.05) is 9.80 Å². The number of nitrogens with two attached hydrogens (primary N) is 1. The number of hydrogen-bond donors (Lipinski definition) is 1. The van der Waals surface area contributed by atoms with Gasteiger partial charge in [0.25, 0.3) is 0 Å². The quantitative estimate of drug-likeness (QED) is 0.814. The second kappa shape index (κ2) is 5.31. The molecule has 0 amide bonds. The fourth-order valence-electron chi connectivity index (χ4n) is 2.11. The predicted molar refractivity (Wildman–Crippen MR) is 65.4 cm³/mol. The second-order valence-electron chi connectivity index (χ2n) is 4.23. The highest BCUT2D eigenvalue weighted by Crippen LogP contribution is 2.22. The highest BCUT2D eigenvalue weighted by Gasteiger charge is 2.18. The molecule has 17 heavy (non-hydrogen) atoms. The van der Waals surface area contributed by atoms with Crippen LogP contribution in [0.3, 0.4) is 0 Å². The summed E-state index contributed by atoms with van der Waals surface area (Å²) < 4.78 is 25.9. The van der Waals surface area contributed by atoms with E-state index in [0.29, 0.717) is 17.9 Å². The van der Waals surface area contributed by atoms with Gasteiger partial charge in [0.15, 0.2) is 0 Å². The summed E-state index contributed by atoms with van der Waals surface area (Å²) in [6.45, 7) is 3.14. The van der Waals surface area contributed by atoms with Crippen molar-refractivity contribution in [3.8, 4) is 0 Å². The van der Waals surface area contributed by atoms with Crippen LogP contribution in [-0.4, -0.2) is 44.3 Å². The number of hydrogen-bond acceptors (Lipinski definition) is 3. The van der Waals surface area contributed by atoms with Gasteiger partial charge < -0.3 is 10.6 Å². The lowest BCUT2D eigenvalue weighted by Crippen LogP contribution is -2.47. The number of nitrogens with zero attached hydrogens (tertiary/aromatic N) is 2. The van der Waals surface area contributed by atoms with Crippen LogP contribution in [0.5, 0.6) is 0 Å². The average Bonchev–Trinajstić information content (AvgIpc) is 2.31. The van der Waals surface area contributed by atoms with Crippen molar-refractivity contribution >= 4 is 11.4 Å². The van der Waals surface area contributed by atoms with Crippen molar-refractivity contribution < 1.29 is 8.78 Å². The lowest BCUT2D eigenvalue weighted by Gasteiger charge is -2.35. The van der Waals surface area contributed by atoms with Gasteiger partial charge in [-0.1, -0.05) is 0 Å². The maximum Gasteiger partial charge on any atom is 0.148 e. The zero-order chi connectivity index (χ0) is 12.3. The third-order valence-corrected chi connectivity index (χ3v) is 3.09. The van der Waals surface area contributed by atoms with Gasteiger partial charge in [-0.05, 0) is 18.2 Å². The molecule has 2 N–H and O–H groups in total. The van der Waals surface area contributed by atoms with E-state index in [-0.39, 0.29) is 12.5 Å². The molecule has 0 aliphatic carbocycles. The van der Waals surface area contributed by atoms with Crippen LogP contribution in [0.4, 0.5) is 20.2 Å². The number of alkyl halides is 1. The molecule has 1 aliphatic rings. The molecule has 0 radical (unpaired) electrons. The Bertz CT molecular complexity index is 376. The molecule has 0 atom stereocenters. The van der Waals surface area contributed by atoms with E-state index in [1.54, 1.807) is 12.1 Å². The van der Waals surface area contributed by atoms with Crippen molar-refractivity contribution in [2.75, 3.05) is 50.0 Å². The molecule has 1 aliphatic heterocycles.